The van der Waals surface area contributed by atoms with Gasteiger partial charge in [-0.05, 0) is 25.0 Å². The number of anilines is 1. The van der Waals surface area contributed by atoms with Crippen LogP contribution in [0.1, 0.15) is 33.7 Å². The van der Waals surface area contributed by atoms with Crippen molar-refractivity contribution >= 4 is 29.2 Å². The van der Waals surface area contributed by atoms with E-state index in [1.165, 1.54) is 10.7 Å². The Morgan fingerprint density at radius 2 is 2.16 bits per heavy atom. The number of carbonyl (C=O) groups is 2. The Bertz CT molecular complexity index is 784. The van der Waals surface area contributed by atoms with Gasteiger partial charge in [0.25, 0.3) is 11.8 Å². The highest BCUT2D eigenvalue weighted by Crippen LogP contribution is 2.18. The van der Waals surface area contributed by atoms with Crippen molar-refractivity contribution in [3.05, 3.63) is 46.6 Å². The maximum Gasteiger partial charge on any atom is 0.271 e. The summed E-state index contributed by atoms with van der Waals surface area (Å²) in [5.74, 6) is -0.253. The third kappa shape index (κ3) is 4.18. The number of rotatable bonds is 5. The van der Waals surface area contributed by atoms with Crippen molar-refractivity contribution in [2.75, 3.05) is 18.5 Å². The third-order valence-corrected chi connectivity index (χ3v) is 4.32. The number of hydrogen-bond donors (Lipinski definition) is 2. The number of ether oxygens (including phenoxy) is 1. The van der Waals surface area contributed by atoms with Crippen molar-refractivity contribution in [1.29, 1.82) is 0 Å². The summed E-state index contributed by atoms with van der Waals surface area (Å²) in [5, 5.41) is 10.0. The minimum atomic E-state index is -0.361. The van der Waals surface area contributed by atoms with Crippen LogP contribution in [0.2, 0.25) is 5.02 Å². The zero-order chi connectivity index (χ0) is 17.8. The molecule has 1 saturated heterocycles. The van der Waals surface area contributed by atoms with Crippen LogP contribution in [0.5, 0.6) is 0 Å². The van der Waals surface area contributed by atoms with Gasteiger partial charge in [0.2, 0.25) is 0 Å². The fraction of sp³-hybridized carbons (Fsp3) is 0.353. The Hall–Kier alpha value is -2.38. The molecule has 2 aromatic rings. The molecule has 1 atom stereocenters. The molecule has 1 aromatic carbocycles. The minimum Gasteiger partial charge on any atom is -0.376 e. The number of nitrogens with one attached hydrogen (secondary N) is 2. The second kappa shape index (κ2) is 7.67. The number of aryl methyl sites for hydroxylation is 1. The van der Waals surface area contributed by atoms with E-state index in [1.54, 1.807) is 31.3 Å². The van der Waals surface area contributed by atoms with E-state index in [0.29, 0.717) is 22.9 Å². The zero-order valence-electron chi connectivity index (χ0n) is 13.8. The number of aromatic nitrogens is 2. The molecule has 1 fully saturated rings. The van der Waals surface area contributed by atoms with E-state index < -0.39 is 0 Å². The first kappa shape index (κ1) is 17.4. The van der Waals surface area contributed by atoms with Gasteiger partial charge >= 0.3 is 0 Å². The summed E-state index contributed by atoms with van der Waals surface area (Å²) in [6.07, 6.45) is 2.02. The van der Waals surface area contributed by atoms with E-state index in [-0.39, 0.29) is 23.6 Å². The van der Waals surface area contributed by atoms with Crippen LogP contribution in [-0.2, 0) is 11.8 Å². The first-order valence-corrected chi connectivity index (χ1v) is 8.42. The predicted molar refractivity (Wildman–Crippen MR) is 93.9 cm³/mol. The Morgan fingerprint density at radius 1 is 1.36 bits per heavy atom. The lowest BCUT2D eigenvalue weighted by molar-refractivity contribution is 0.0853. The van der Waals surface area contributed by atoms with E-state index >= 15 is 0 Å². The van der Waals surface area contributed by atoms with Crippen LogP contribution in [0.4, 0.5) is 5.82 Å². The van der Waals surface area contributed by atoms with Crippen LogP contribution in [0.3, 0.4) is 0 Å². The van der Waals surface area contributed by atoms with Crippen molar-refractivity contribution in [1.82, 2.24) is 15.1 Å². The summed E-state index contributed by atoms with van der Waals surface area (Å²) < 4.78 is 6.91. The Labute approximate surface area is 150 Å². The molecule has 7 nitrogen and oxygen atoms in total. The summed E-state index contributed by atoms with van der Waals surface area (Å²) >= 11 is 6.02. The SMILES string of the molecule is Cn1nc(C(=O)NCC2CCCO2)cc1NC(=O)c1ccccc1Cl. The molecule has 0 radical (unpaired) electrons. The third-order valence-electron chi connectivity index (χ3n) is 3.99. The van der Waals surface area contributed by atoms with E-state index in [0.717, 1.165) is 19.4 Å². The number of hydrogen-bond acceptors (Lipinski definition) is 4. The average Bonchev–Trinajstić information content (AvgIpc) is 3.23. The van der Waals surface area contributed by atoms with Crippen LogP contribution in [0, 0.1) is 0 Å². The quantitative estimate of drug-likeness (QED) is 0.854. The van der Waals surface area contributed by atoms with Gasteiger partial charge in [0.05, 0.1) is 16.7 Å². The van der Waals surface area contributed by atoms with E-state index in [9.17, 15) is 9.59 Å². The highest BCUT2D eigenvalue weighted by molar-refractivity contribution is 6.34. The molecule has 1 aliphatic rings. The molecule has 8 heteroatoms. The van der Waals surface area contributed by atoms with E-state index in [2.05, 4.69) is 15.7 Å². The van der Waals surface area contributed by atoms with Crippen LogP contribution < -0.4 is 10.6 Å². The number of halogens is 1. The molecule has 1 unspecified atom stereocenters. The molecule has 0 saturated carbocycles. The van der Waals surface area contributed by atoms with Crippen molar-refractivity contribution in [3.63, 3.8) is 0 Å². The topological polar surface area (TPSA) is 85.2 Å². The first-order valence-electron chi connectivity index (χ1n) is 8.04. The molecule has 1 aromatic heterocycles. The molecule has 0 aliphatic carbocycles. The number of carbonyl (C=O) groups excluding carboxylic acids is 2. The van der Waals surface area contributed by atoms with Gasteiger partial charge in [-0.25, -0.2) is 0 Å². The van der Waals surface area contributed by atoms with Gasteiger partial charge in [-0.1, -0.05) is 23.7 Å². The fourth-order valence-corrected chi connectivity index (χ4v) is 2.85. The number of amides is 2. The van der Waals surface area contributed by atoms with Gasteiger partial charge < -0.3 is 15.4 Å². The highest BCUT2D eigenvalue weighted by Gasteiger charge is 2.19. The molecular weight excluding hydrogens is 344 g/mol. The van der Waals surface area contributed by atoms with Crippen molar-refractivity contribution in [2.45, 2.75) is 18.9 Å². The predicted octanol–water partition coefficient (Wildman–Crippen LogP) is 2.23. The lowest BCUT2D eigenvalue weighted by Gasteiger charge is -2.09. The van der Waals surface area contributed by atoms with Gasteiger partial charge in [0, 0.05) is 26.3 Å². The molecule has 2 N–H and O–H groups in total. The Kier molecular flexibility index (Phi) is 5.35. The van der Waals surface area contributed by atoms with Gasteiger partial charge in [-0.3, -0.25) is 14.3 Å². The van der Waals surface area contributed by atoms with E-state index in [1.807, 2.05) is 0 Å². The normalized spacial score (nSPS) is 16.6. The summed E-state index contributed by atoms with van der Waals surface area (Å²) in [4.78, 5) is 24.5. The van der Waals surface area contributed by atoms with Crippen LogP contribution in [0.15, 0.2) is 30.3 Å². The molecule has 132 valence electrons. The summed E-state index contributed by atoms with van der Waals surface area (Å²) in [6.45, 7) is 1.19. The lowest BCUT2D eigenvalue weighted by atomic mass is 10.2. The first-order chi connectivity index (χ1) is 12.0. The number of nitrogens with zero attached hydrogens (tertiary/aromatic N) is 2. The average molecular weight is 363 g/mol. The van der Waals surface area contributed by atoms with Gasteiger partial charge in [-0.2, -0.15) is 5.10 Å². The van der Waals surface area contributed by atoms with Crippen LogP contribution >= 0.6 is 11.6 Å². The van der Waals surface area contributed by atoms with Gasteiger partial charge in [-0.15, -0.1) is 0 Å². The zero-order valence-corrected chi connectivity index (χ0v) is 14.5. The lowest BCUT2D eigenvalue weighted by Crippen LogP contribution is -2.32. The molecular formula is C17H19ClN4O3. The fourth-order valence-electron chi connectivity index (χ4n) is 2.63. The Morgan fingerprint density at radius 3 is 2.88 bits per heavy atom. The monoisotopic (exact) mass is 362 g/mol. The van der Waals surface area contributed by atoms with Crippen molar-refractivity contribution in [3.8, 4) is 0 Å². The molecule has 2 heterocycles. The second-order valence-corrected chi connectivity index (χ2v) is 6.22. The maximum atomic E-state index is 12.3. The summed E-state index contributed by atoms with van der Waals surface area (Å²) in [6, 6.07) is 8.28. The van der Waals surface area contributed by atoms with Crippen molar-refractivity contribution in [2.24, 2.45) is 7.05 Å². The van der Waals surface area contributed by atoms with Crippen LogP contribution in [0.25, 0.3) is 0 Å². The molecule has 2 amide bonds. The van der Waals surface area contributed by atoms with Gasteiger partial charge in [0.15, 0.2) is 5.69 Å². The van der Waals surface area contributed by atoms with E-state index in [4.69, 9.17) is 16.3 Å². The smallest absolute Gasteiger partial charge is 0.271 e. The standard InChI is InChI=1S/C17H19ClN4O3/c1-22-15(20-16(23)12-6-2-3-7-13(12)18)9-14(21-22)17(24)19-10-11-5-4-8-25-11/h2-3,6-7,9,11H,4-5,8,10H2,1H3,(H,19,24)(H,20,23). The second-order valence-electron chi connectivity index (χ2n) is 5.82. The maximum absolute atomic E-state index is 12.3. The largest absolute Gasteiger partial charge is 0.376 e. The Balaban J connectivity index is 1.64. The molecule has 0 bridgehead atoms. The molecule has 25 heavy (non-hydrogen) atoms. The van der Waals surface area contributed by atoms with Gasteiger partial charge in [0.1, 0.15) is 5.82 Å². The summed E-state index contributed by atoms with van der Waals surface area (Å²) in [5.41, 5.74) is 0.588. The highest BCUT2D eigenvalue weighted by atomic mass is 35.5. The number of benzene rings is 1. The van der Waals surface area contributed by atoms with Crippen LogP contribution in [-0.4, -0.2) is 40.9 Å². The molecule has 3 rings (SSSR count). The van der Waals surface area contributed by atoms with Crippen molar-refractivity contribution < 1.29 is 14.3 Å². The molecule has 1 aliphatic heterocycles. The molecule has 0 spiro atoms. The minimum absolute atomic E-state index is 0.0621. The summed E-state index contributed by atoms with van der Waals surface area (Å²) in [7, 11) is 1.65.